The SMILES string of the molecule is CCC(C)OC1CCC(C(C)O)CC1. The van der Waals surface area contributed by atoms with E-state index in [0.29, 0.717) is 18.1 Å². The van der Waals surface area contributed by atoms with Crippen LogP contribution in [0.15, 0.2) is 0 Å². The maximum Gasteiger partial charge on any atom is 0.0579 e. The first-order chi connectivity index (χ1) is 6.63. The normalized spacial score (nSPS) is 32.6. The zero-order valence-corrected chi connectivity index (χ0v) is 9.70. The summed E-state index contributed by atoms with van der Waals surface area (Å²) in [5.74, 6) is 0.506. The molecule has 14 heavy (non-hydrogen) atoms. The maximum atomic E-state index is 9.45. The zero-order valence-electron chi connectivity index (χ0n) is 9.70. The standard InChI is InChI=1S/C12H24O2/c1-4-9(2)14-12-7-5-11(6-8-12)10(3)13/h9-13H,4-8H2,1-3H3. The van der Waals surface area contributed by atoms with Gasteiger partial charge in [0.2, 0.25) is 0 Å². The lowest BCUT2D eigenvalue weighted by atomic mass is 9.84. The van der Waals surface area contributed by atoms with Gasteiger partial charge >= 0.3 is 0 Å². The molecule has 1 aliphatic rings. The van der Waals surface area contributed by atoms with Gasteiger partial charge in [0.1, 0.15) is 0 Å². The molecular formula is C12H24O2. The number of aliphatic hydroxyl groups is 1. The number of hydrogen-bond donors (Lipinski definition) is 1. The van der Waals surface area contributed by atoms with Gasteiger partial charge in [0.15, 0.2) is 0 Å². The van der Waals surface area contributed by atoms with Gasteiger partial charge in [-0.1, -0.05) is 6.92 Å². The van der Waals surface area contributed by atoms with Crippen LogP contribution < -0.4 is 0 Å². The first kappa shape index (κ1) is 12.0. The van der Waals surface area contributed by atoms with Crippen LogP contribution in [0.2, 0.25) is 0 Å². The summed E-state index contributed by atoms with van der Waals surface area (Å²) >= 11 is 0. The summed E-state index contributed by atoms with van der Waals surface area (Å²) in [6.07, 6.45) is 6.29. The minimum Gasteiger partial charge on any atom is -0.393 e. The maximum absolute atomic E-state index is 9.45. The van der Waals surface area contributed by atoms with Crippen LogP contribution in [0.1, 0.15) is 52.9 Å². The molecule has 0 saturated heterocycles. The van der Waals surface area contributed by atoms with E-state index in [-0.39, 0.29) is 6.10 Å². The Bertz CT molecular complexity index is 148. The number of ether oxygens (including phenoxy) is 1. The second-order valence-electron chi connectivity index (χ2n) is 4.63. The van der Waals surface area contributed by atoms with Crippen LogP contribution in [0, 0.1) is 5.92 Å². The molecule has 0 spiro atoms. The summed E-state index contributed by atoms with van der Waals surface area (Å²) in [6, 6.07) is 0. The van der Waals surface area contributed by atoms with E-state index < -0.39 is 0 Å². The van der Waals surface area contributed by atoms with Gasteiger partial charge in [-0.3, -0.25) is 0 Å². The molecule has 1 aliphatic carbocycles. The van der Waals surface area contributed by atoms with Gasteiger partial charge in [-0.2, -0.15) is 0 Å². The van der Waals surface area contributed by atoms with Crippen LogP contribution in [0.4, 0.5) is 0 Å². The minimum absolute atomic E-state index is 0.139. The van der Waals surface area contributed by atoms with Crippen LogP contribution in [0.3, 0.4) is 0 Å². The largest absolute Gasteiger partial charge is 0.393 e. The minimum atomic E-state index is -0.139. The Morgan fingerprint density at radius 1 is 1.21 bits per heavy atom. The molecule has 0 aliphatic heterocycles. The number of aliphatic hydroxyl groups excluding tert-OH is 1. The van der Waals surface area contributed by atoms with Crippen molar-refractivity contribution < 1.29 is 9.84 Å². The molecule has 1 N–H and O–H groups in total. The lowest BCUT2D eigenvalue weighted by Gasteiger charge is -2.31. The summed E-state index contributed by atoms with van der Waals surface area (Å²) in [5.41, 5.74) is 0. The van der Waals surface area contributed by atoms with Gasteiger partial charge in [-0.15, -0.1) is 0 Å². The van der Waals surface area contributed by atoms with E-state index in [4.69, 9.17) is 4.74 Å². The molecule has 0 aromatic heterocycles. The van der Waals surface area contributed by atoms with Crippen molar-refractivity contribution >= 4 is 0 Å². The number of rotatable bonds is 4. The van der Waals surface area contributed by atoms with E-state index in [0.717, 1.165) is 32.1 Å². The fraction of sp³-hybridized carbons (Fsp3) is 1.00. The third kappa shape index (κ3) is 3.58. The molecule has 2 unspecified atom stereocenters. The highest BCUT2D eigenvalue weighted by Crippen LogP contribution is 2.29. The van der Waals surface area contributed by atoms with Crippen molar-refractivity contribution in [1.29, 1.82) is 0 Å². The van der Waals surface area contributed by atoms with Crippen molar-refractivity contribution in [2.24, 2.45) is 5.92 Å². The van der Waals surface area contributed by atoms with E-state index in [1.807, 2.05) is 6.92 Å². The Morgan fingerprint density at radius 2 is 1.79 bits per heavy atom. The predicted octanol–water partition coefficient (Wildman–Crippen LogP) is 2.74. The Balaban J connectivity index is 2.22. The van der Waals surface area contributed by atoms with E-state index in [2.05, 4.69) is 13.8 Å². The smallest absolute Gasteiger partial charge is 0.0579 e. The average molecular weight is 200 g/mol. The second-order valence-corrected chi connectivity index (χ2v) is 4.63. The highest BCUT2D eigenvalue weighted by Gasteiger charge is 2.25. The predicted molar refractivity (Wildman–Crippen MR) is 58.3 cm³/mol. The monoisotopic (exact) mass is 200 g/mol. The van der Waals surface area contributed by atoms with Crippen molar-refractivity contribution in [2.45, 2.75) is 71.2 Å². The molecule has 1 fully saturated rings. The summed E-state index contributed by atoms with van der Waals surface area (Å²) < 4.78 is 5.89. The van der Waals surface area contributed by atoms with Gasteiger partial charge < -0.3 is 9.84 Å². The molecule has 84 valence electrons. The van der Waals surface area contributed by atoms with Gasteiger partial charge in [-0.25, -0.2) is 0 Å². The molecule has 0 bridgehead atoms. The Kier molecular flexibility index (Phi) is 4.90. The molecule has 2 nitrogen and oxygen atoms in total. The van der Waals surface area contributed by atoms with Gasteiger partial charge in [0.25, 0.3) is 0 Å². The Labute approximate surface area is 87.7 Å². The lowest BCUT2D eigenvalue weighted by molar-refractivity contribution is -0.0396. The highest BCUT2D eigenvalue weighted by atomic mass is 16.5. The third-order valence-corrected chi connectivity index (χ3v) is 3.40. The fourth-order valence-corrected chi connectivity index (χ4v) is 2.13. The molecule has 2 atom stereocenters. The molecule has 2 heteroatoms. The van der Waals surface area contributed by atoms with Crippen LogP contribution in [0.5, 0.6) is 0 Å². The van der Waals surface area contributed by atoms with Crippen molar-refractivity contribution in [2.75, 3.05) is 0 Å². The molecule has 0 heterocycles. The molecule has 1 saturated carbocycles. The molecular weight excluding hydrogens is 176 g/mol. The molecule has 1 rings (SSSR count). The van der Waals surface area contributed by atoms with Crippen LogP contribution >= 0.6 is 0 Å². The van der Waals surface area contributed by atoms with Crippen LogP contribution in [0.25, 0.3) is 0 Å². The highest BCUT2D eigenvalue weighted by molar-refractivity contribution is 4.76. The lowest BCUT2D eigenvalue weighted by Crippen LogP contribution is -2.29. The average Bonchev–Trinajstić information content (AvgIpc) is 2.18. The van der Waals surface area contributed by atoms with E-state index in [1.165, 1.54) is 0 Å². The van der Waals surface area contributed by atoms with Crippen LogP contribution in [-0.4, -0.2) is 23.4 Å². The van der Waals surface area contributed by atoms with Crippen molar-refractivity contribution in [1.82, 2.24) is 0 Å². The van der Waals surface area contributed by atoms with Gasteiger partial charge in [0.05, 0.1) is 18.3 Å². The summed E-state index contributed by atoms with van der Waals surface area (Å²) in [7, 11) is 0. The van der Waals surface area contributed by atoms with Crippen molar-refractivity contribution in [3.63, 3.8) is 0 Å². The fourth-order valence-electron chi connectivity index (χ4n) is 2.13. The number of hydrogen-bond acceptors (Lipinski definition) is 2. The Hall–Kier alpha value is -0.0800. The van der Waals surface area contributed by atoms with Crippen LogP contribution in [-0.2, 0) is 4.74 Å². The van der Waals surface area contributed by atoms with Crippen molar-refractivity contribution in [3.05, 3.63) is 0 Å². The molecule has 0 radical (unpaired) electrons. The third-order valence-electron chi connectivity index (χ3n) is 3.40. The van der Waals surface area contributed by atoms with E-state index in [9.17, 15) is 5.11 Å². The quantitative estimate of drug-likeness (QED) is 0.756. The first-order valence-corrected chi connectivity index (χ1v) is 5.97. The first-order valence-electron chi connectivity index (χ1n) is 5.97. The second kappa shape index (κ2) is 5.72. The zero-order chi connectivity index (χ0) is 10.6. The Morgan fingerprint density at radius 3 is 2.21 bits per heavy atom. The topological polar surface area (TPSA) is 29.5 Å². The molecule has 0 aromatic carbocycles. The summed E-state index contributed by atoms with van der Waals surface area (Å²) in [6.45, 7) is 6.20. The summed E-state index contributed by atoms with van der Waals surface area (Å²) in [5, 5.41) is 9.45. The molecule has 0 aromatic rings. The van der Waals surface area contributed by atoms with Gasteiger partial charge in [0, 0.05) is 0 Å². The van der Waals surface area contributed by atoms with E-state index in [1.54, 1.807) is 0 Å². The van der Waals surface area contributed by atoms with E-state index >= 15 is 0 Å². The van der Waals surface area contributed by atoms with Crippen molar-refractivity contribution in [3.8, 4) is 0 Å². The van der Waals surface area contributed by atoms with Gasteiger partial charge in [-0.05, 0) is 51.9 Å². The summed E-state index contributed by atoms with van der Waals surface area (Å²) in [4.78, 5) is 0. The molecule has 0 amide bonds.